The second-order valence-corrected chi connectivity index (χ2v) is 4.56. The van der Waals surface area contributed by atoms with Crippen molar-refractivity contribution in [3.05, 3.63) is 52.8 Å². The van der Waals surface area contributed by atoms with Crippen LogP contribution in [0.15, 0.2) is 30.3 Å². The van der Waals surface area contributed by atoms with E-state index >= 15 is 0 Å². The normalized spacial score (nSPS) is 10.3. The zero-order chi connectivity index (χ0) is 14.9. The lowest BCUT2D eigenvalue weighted by molar-refractivity contribution is 0.102. The van der Waals surface area contributed by atoms with Crippen LogP contribution < -0.4 is 11.1 Å². The summed E-state index contributed by atoms with van der Waals surface area (Å²) in [6.07, 6.45) is 0. The number of hydrogen-bond donors (Lipinski definition) is 3. The first kappa shape index (κ1) is 13.9. The van der Waals surface area contributed by atoms with E-state index in [4.69, 9.17) is 5.73 Å². The molecular weight excluding hydrogens is 259 g/mol. The van der Waals surface area contributed by atoms with Gasteiger partial charge in [0.05, 0.1) is 0 Å². The predicted molar refractivity (Wildman–Crippen MR) is 76.3 cm³/mol. The first-order valence-corrected chi connectivity index (χ1v) is 6.06. The Morgan fingerprint density at radius 2 is 1.95 bits per heavy atom. The molecule has 5 heteroatoms. The van der Waals surface area contributed by atoms with Crippen LogP contribution in [0.5, 0.6) is 5.75 Å². The van der Waals surface area contributed by atoms with Crippen LogP contribution in [0.4, 0.5) is 15.8 Å². The Morgan fingerprint density at radius 3 is 2.60 bits per heavy atom. The minimum atomic E-state index is -0.776. The lowest BCUT2D eigenvalue weighted by Crippen LogP contribution is -2.16. The maximum absolute atomic E-state index is 13.6. The summed E-state index contributed by atoms with van der Waals surface area (Å²) >= 11 is 0. The smallest absolute Gasteiger partial charge is 0.262 e. The van der Waals surface area contributed by atoms with Crippen molar-refractivity contribution in [1.82, 2.24) is 0 Å². The molecule has 0 unspecified atom stereocenters. The standard InChI is InChI=1S/C15H15FN2O2/c1-8-6-7-11(17)9(2)14(8)18-15(20)13-10(16)4-3-5-12(13)19/h3-7,19H,17H2,1-2H3,(H,18,20). The third-order valence-electron chi connectivity index (χ3n) is 3.17. The van der Waals surface area contributed by atoms with Crippen molar-refractivity contribution in [2.24, 2.45) is 0 Å². The van der Waals surface area contributed by atoms with E-state index < -0.39 is 17.5 Å². The SMILES string of the molecule is Cc1ccc(N)c(C)c1NC(=O)c1c(O)cccc1F. The van der Waals surface area contributed by atoms with Gasteiger partial charge in [0.25, 0.3) is 5.91 Å². The third-order valence-corrected chi connectivity index (χ3v) is 3.17. The summed E-state index contributed by atoms with van der Waals surface area (Å²) in [5, 5.41) is 12.2. The van der Waals surface area contributed by atoms with Gasteiger partial charge in [-0.3, -0.25) is 4.79 Å². The molecule has 0 bridgehead atoms. The molecule has 0 aliphatic rings. The van der Waals surface area contributed by atoms with Crippen molar-refractivity contribution in [3.63, 3.8) is 0 Å². The zero-order valence-electron chi connectivity index (χ0n) is 11.2. The second kappa shape index (κ2) is 5.21. The molecule has 0 radical (unpaired) electrons. The Labute approximate surface area is 116 Å². The van der Waals surface area contributed by atoms with Gasteiger partial charge < -0.3 is 16.2 Å². The van der Waals surface area contributed by atoms with Gasteiger partial charge in [-0.05, 0) is 43.2 Å². The van der Waals surface area contributed by atoms with Crippen LogP contribution in [0.3, 0.4) is 0 Å². The maximum atomic E-state index is 13.6. The molecule has 0 heterocycles. The summed E-state index contributed by atoms with van der Waals surface area (Å²) in [5.74, 6) is -1.89. The van der Waals surface area contributed by atoms with Crippen LogP contribution in [0.1, 0.15) is 21.5 Å². The first-order valence-electron chi connectivity index (χ1n) is 6.06. The lowest BCUT2D eigenvalue weighted by atomic mass is 10.1. The highest BCUT2D eigenvalue weighted by Gasteiger charge is 2.18. The van der Waals surface area contributed by atoms with Crippen molar-refractivity contribution in [2.75, 3.05) is 11.1 Å². The summed E-state index contributed by atoms with van der Waals surface area (Å²) in [5.41, 5.74) is 7.97. The molecule has 2 aromatic rings. The monoisotopic (exact) mass is 274 g/mol. The Balaban J connectivity index is 2.41. The Hall–Kier alpha value is -2.56. The quantitative estimate of drug-likeness (QED) is 0.737. The van der Waals surface area contributed by atoms with Gasteiger partial charge in [0, 0.05) is 11.4 Å². The number of hydrogen-bond acceptors (Lipinski definition) is 3. The van der Waals surface area contributed by atoms with Gasteiger partial charge in [-0.15, -0.1) is 0 Å². The fourth-order valence-electron chi connectivity index (χ4n) is 1.97. The number of halogens is 1. The van der Waals surface area contributed by atoms with E-state index in [0.717, 1.165) is 11.6 Å². The summed E-state index contributed by atoms with van der Waals surface area (Å²) in [6.45, 7) is 3.57. The largest absolute Gasteiger partial charge is 0.507 e. The van der Waals surface area contributed by atoms with Crippen LogP contribution in [-0.2, 0) is 0 Å². The van der Waals surface area contributed by atoms with Crippen molar-refractivity contribution in [1.29, 1.82) is 0 Å². The molecular formula is C15H15FN2O2. The van der Waals surface area contributed by atoms with Crippen molar-refractivity contribution in [2.45, 2.75) is 13.8 Å². The molecule has 2 rings (SSSR count). The van der Waals surface area contributed by atoms with Gasteiger partial charge in [-0.25, -0.2) is 4.39 Å². The number of anilines is 2. The molecule has 0 atom stereocenters. The number of aromatic hydroxyl groups is 1. The second-order valence-electron chi connectivity index (χ2n) is 4.56. The molecule has 4 N–H and O–H groups in total. The Kier molecular flexibility index (Phi) is 3.61. The highest BCUT2D eigenvalue weighted by atomic mass is 19.1. The van der Waals surface area contributed by atoms with Crippen molar-refractivity contribution < 1.29 is 14.3 Å². The van der Waals surface area contributed by atoms with Crippen molar-refractivity contribution >= 4 is 17.3 Å². The predicted octanol–water partition coefficient (Wildman–Crippen LogP) is 2.98. The molecule has 104 valence electrons. The van der Waals surface area contributed by atoms with Gasteiger partial charge in [-0.2, -0.15) is 0 Å². The molecule has 0 aliphatic carbocycles. The van der Waals surface area contributed by atoms with Crippen molar-refractivity contribution in [3.8, 4) is 5.75 Å². The highest BCUT2D eigenvalue weighted by molar-refractivity contribution is 6.07. The van der Waals surface area contributed by atoms with E-state index in [9.17, 15) is 14.3 Å². The molecule has 1 amide bonds. The first-order chi connectivity index (χ1) is 9.41. The summed E-state index contributed by atoms with van der Waals surface area (Å²) in [4.78, 5) is 12.1. The van der Waals surface area contributed by atoms with Gasteiger partial charge in [0.2, 0.25) is 0 Å². The minimum Gasteiger partial charge on any atom is -0.507 e. The van der Waals surface area contributed by atoms with E-state index in [1.54, 1.807) is 19.1 Å². The number of phenolic OH excluding ortho intramolecular Hbond substituents is 1. The molecule has 0 spiro atoms. The topological polar surface area (TPSA) is 75.3 Å². The summed E-state index contributed by atoms with van der Waals surface area (Å²) in [7, 11) is 0. The van der Waals surface area contributed by atoms with Crippen LogP contribution in [0.2, 0.25) is 0 Å². The Bertz CT molecular complexity index is 664. The average Bonchev–Trinajstić information content (AvgIpc) is 2.39. The molecule has 0 aliphatic heterocycles. The maximum Gasteiger partial charge on any atom is 0.262 e. The van der Waals surface area contributed by atoms with E-state index in [2.05, 4.69) is 5.32 Å². The van der Waals surface area contributed by atoms with Gasteiger partial charge in [0.1, 0.15) is 17.1 Å². The lowest BCUT2D eigenvalue weighted by Gasteiger charge is -2.14. The fraction of sp³-hybridized carbons (Fsp3) is 0.133. The number of nitrogens with two attached hydrogens (primary N) is 1. The van der Waals surface area contributed by atoms with Crippen LogP contribution in [0.25, 0.3) is 0 Å². The number of aryl methyl sites for hydroxylation is 1. The molecule has 0 aromatic heterocycles. The number of nitrogen functional groups attached to an aromatic ring is 1. The molecule has 0 saturated heterocycles. The number of nitrogens with one attached hydrogen (secondary N) is 1. The van der Waals surface area contributed by atoms with E-state index in [0.29, 0.717) is 16.9 Å². The highest BCUT2D eigenvalue weighted by Crippen LogP contribution is 2.27. The number of phenols is 1. The number of benzene rings is 2. The summed E-state index contributed by atoms with van der Waals surface area (Å²) < 4.78 is 13.6. The number of rotatable bonds is 2. The number of amides is 1. The molecule has 0 saturated carbocycles. The molecule has 0 fully saturated rings. The van der Waals surface area contributed by atoms with E-state index in [1.165, 1.54) is 12.1 Å². The zero-order valence-corrected chi connectivity index (χ0v) is 11.2. The van der Waals surface area contributed by atoms with Gasteiger partial charge >= 0.3 is 0 Å². The van der Waals surface area contributed by atoms with Crippen LogP contribution in [0, 0.1) is 19.7 Å². The summed E-state index contributed by atoms with van der Waals surface area (Å²) in [6, 6.07) is 7.21. The van der Waals surface area contributed by atoms with E-state index in [1.807, 2.05) is 6.92 Å². The minimum absolute atomic E-state index is 0.381. The number of carbonyl (C=O) groups is 1. The van der Waals surface area contributed by atoms with Crippen LogP contribution in [-0.4, -0.2) is 11.0 Å². The van der Waals surface area contributed by atoms with E-state index in [-0.39, 0.29) is 5.56 Å². The van der Waals surface area contributed by atoms with Gasteiger partial charge in [-0.1, -0.05) is 12.1 Å². The fourth-order valence-corrected chi connectivity index (χ4v) is 1.97. The third kappa shape index (κ3) is 2.42. The number of carbonyl (C=O) groups excluding carboxylic acids is 1. The average molecular weight is 274 g/mol. The Morgan fingerprint density at radius 1 is 1.25 bits per heavy atom. The molecule has 2 aromatic carbocycles. The molecule has 20 heavy (non-hydrogen) atoms. The van der Waals surface area contributed by atoms with Crippen LogP contribution >= 0.6 is 0 Å². The van der Waals surface area contributed by atoms with Gasteiger partial charge in [0.15, 0.2) is 0 Å². The molecule has 4 nitrogen and oxygen atoms in total.